The van der Waals surface area contributed by atoms with Crippen molar-refractivity contribution in [2.24, 2.45) is 0 Å². The third-order valence-electron chi connectivity index (χ3n) is 4.40. The molecule has 2 aliphatic rings. The highest BCUT2D eigenvalue weighted by molar-refractivity contribution is 5.80. The fourth-order valence-corrected chi connectivity index (χ4v) is 3.05. The van der Waals surface area contributed by atoms with Gasteiger partial charge in [-0.3, -0.25) is 4.79 Å². The average Bonchev–Trinajstić information content (AvgIpc) is 2.94. The van der Waals surface area contributed by atoms with Gasteiger partial charge in [0.15, 0.2) is 0 Å². The van der Waals surface area contributed by atoms with E-state index >= 15 is 0 Å². The minimum atomic E-state index is -0.360. The van der Waals surface area contributed by atoms with Crippen molar-refractivity contribution >= 4 is 11.9 Å². The van der Waals surface area contributed by atoms with Crippen LogP contribution in [0, 0.1) is 0 Å². The number of aromatic nitrogens is 3. The Bertz CT molecular complexity index is 564. The number of carbonyl (C=O) groups excluding carboxylic acids is 2. The van der Waals surface area contributed by atoms with E-state index in [1.54, 1.807) is 11.6 Å². The van der Waals surface area contributed by atoms with E-state index in [-0.39, 0.29) is 24.0 Å². The molecule has 22 heavy (non-hydrogen) atoms. The Balaban J connectivity index is 1.54. The summed E-state index contributed by atoms with van der Waals surface area (Å²) in [5, 5.41) is 16.7. The molecule has 120 valence electrons. The highest BCUT2D eigenvalue weighted by Crippen LogP contribution is 2.18. The number of urea groups is 1. The zero-order valence-corrected chi connectivity index (χ0v) is 12.8. The smallest absolute Gasteiger partial charge is 0.315 e. The van der Waals surface area contributed by atoms with Crippen molar-refractivity contribution < 1.29 is 9.59 Å². The Morgan fingerprint density at radius 3 is 2.91 bits per heavy atom. The van der Waals surface area contributed by atoms with Crippen LogP contribution in [-0.4, -0.2) is 33.0 Å². The van der Waals surface area contributed by atoms with Crippen LogP contribution in [0.3, 0.4) is 0 Å². The van der Waals surface area contributed by atoms with Crippen molar-refractivity contribution in [1.82, 2.24) is 30.9 Å². The number of fused-ring (bicyclic) bond motifs is 1. The van der Waals surface area contributed by atoms with Crippen LogP contribution in [0.5, 0.6) is 0 Å². The first-order valence-corrected chi connectivity index (χ1v) is 7.90. The maximum absolute atomic E-state index is 11.9. The molecular formula is C14H22N6O2. The van der Waals surface area contributed by atoms with Crippen LogP contribution in [0.2, 0.25) is 0 Å². The first-order chi connectivity index (χ1) is 10.6. The predicted molar refractivity (Wildman–Crippen MR) is 78.8 cm³/mol. The van der Waals surface area contributed by atoms with E-state index in [9.17, 15) is 9.59 Å². The second-order valence-electron chi connectivity index (χ2n) is 5.98. The van der Waals surface area contributed by atoms with E-state index in [0.717, 1.165) is 18.5 Å². The fraction of sp³-hybridized carbons (Fsp3) is 0.714. The van der Waals surface area contributed by atoms with Gasteiger partial charge in [0.05, 0.1) is 18.8 Å². The van der Waals surface area contributed by atoms with Gasteiger partial charge in [0.2, 0.25) is 5.91 Å². The molecule has 1 aliphatic carbocycles. The van der Waals surface area contributed by atoms with Gasteiger partial charge in [-0.15, -0.1) is 5.10 Å². The number of nitrogens with one attached hydrogen (secondary N) is 3. The van der Waals surface area contributed by atoms with Gasteiger partial charge < -0.3 is 16.0 Å². The first-order valence-electron chi connectivity index (χ1n) is 7.90. The summed E-state index contributed by atoms with van der Waals surface area (Å²) in [7, 11) is 0. The highest BCUT2D eigenvalue weighted by atomic mass is 16.2. The quantitative estimate of drug-likeness (QED) is 0.761. The molecule has 0 spiro atoms. The molecule has 1 aromatic rings. The van der Waals surface area contributed by atoms with Crippen LogP contribution in [0.25, 0.3) is 0 Å². The van der Waals surface area contributed by atoms with Crippen LogP contribution < -0.4 is 16.0 Å². The van der Waals surface area contributed by atoms with Gasteiger partial charge in [-0.25, -0.2) is 9.48 Å². The van der Waals surface area contributed by atoms with Gasteiger partial charge in [-0.2, -0.15) is 0 Å². The number of hydrogen-bond donors (Lipinski definition) is 3. The number of hydrogen-bond acceptors (Lipinski definition) is 4. The van der Waals surface area contributed by atoms with Crippen molar-refractivity contribution in [3.63, 3.8) is 0 Å². The van der Waals surface area contributed by atoms with Gasteiger partial charge >= 0.3 is 6.03 Å². The highest BCUT2D eigenvalue weighted by Gasteiger charge is 2.27. The van der Waals surface area contributed by atoms with Crippen LogP contribution in [0.1, 0.15) is 56.5 Å². The van der Waals surface area contributed by atoms with E-state index in [0.29, 0.717) is 18.8 Å². The summed E-state index contributed by atoms with van der Waals surface area (Å²) in [6.45, 7) is 2.49. The zero-order chi connectivity index (χ0) is 15.5. The summed E-state index contributed by atoms with van der Waals surface area (Å²) in [6, 6.07) is -0.246. The van der Waals surface area contributed by atoms with Crippen LogP contribution in [0.15, 0.2) is 0 Å². The van der Waals surface area contributed by atoms with Gasteiger partial charge in [0.1, 0.15) is 11.7 Å². The Labute approximate surface area is 129 Å². The second kappa shape index (κ2) is 6.33. The minimum Gasteiger partial charge on any atom is -0.349 e. The summed E-state index contributed by atoms with van der Waals surface area (Å²) >= 11 is 0. The monoisotopic (exact) mass is 306 g/mol. The Morgan fingerprint density at radius 1 is 1.36 bits per heavy atom. The Kier molecular flexibility index (Phi) is 4.26. The molecule has 0 radical (unpaired) electrons. The minimum absolute atomic E-state index is 0.0630. The molecule has 0 aromatic carbocycles. The fourth-order valence-electron chi connectivity index (χ4n) is 3.05. The van der Waals surface area contributed by atoms with Crippen molar-refractivity contribution in [3.8, 4) is 0 Å². The SMILES string of the molecule is CC1C(=O)NCc2c(CNC(=O)NC3CCCCC3)nnn21. The predicted octanol–water partition coefficient (Wildman–Crippen LogP) is 0.601. The van der Waals surface area contributed by atoms with Gasteiger partial charge in [0.25, 0.3) is 0 Å². The molecule has 0 saturated heterocycles. The number of nitrogens with zero attached hydrogens (tertiary/aromatic N) is 3. The Hall–Kier alpha value is -2.12. The molecule has 1 atom stereocenters. The molecule has 1 saturated carbocycles. The van der Waals surface area contributed by atoms with Gasteiger partial charge in [0, 0.05) is 6.04 Å². The lowest BCUT2D eigenvalue weighted by Crippen LogP contribution is -2.43. The third-order valence-corrected chi connectivity index (χ3v) is 4.40. The average molecular weight is 306 g/mol. The molecule has 0 bridgehead atoms. The lowest BCUT2D eigenvalue weighted by atomic mass is 9.96. The lowest BCUT2D eigenvalue weighted by molar-refractivity contribution is -0.125. The number of carbonyl (C=O) groups is 2. The number of amides is 3. The van der Waals surface area contributed by atoms with Crippen molar-refractivity contribution in [3.05, 3.63) is 11.4 Å². The van der Waals surface area contributed by atoms with Crippen molar-refractivity contribution in [2.75, 3.05) is 0 Å². The lowest BCUT2D eigenvalue weighted by Gasteiger charge is -2.23. The summed E-state index contributed by atoms with van der Waals surface area (Å²) in [4.78, 5) is 23.5. The second-order valence-corrected chi connectivity index (χ2v) is 5.98. The zero-order valence-electron chi connectivity index (χ0n) is 12.8. The molecule has 1 fully saturated rings. The molecule has 1 aromatic heterocycles. The van der Waals surface area contributed by atoms with E-state index in [2.05, 4.69) is 26.3 Å². The normalized spacial score (nSPS) is 21.9. The van der Waals surface area contributed by atoms with E-state index in [1.165, 1.54) is 19.3 Å². The van der Waals surface area contributed by atoms with Crippen molar-refractivity contribution in [1.29, 1.82) is 0 Å². The first kappa shape index (κ1) is 14.8. The van der Waals surface area contributed by atoms with Crippen LogP contribution in [0.4, 0.5) is 4.79 Å². The van der Waals surface area contributed by atoms with Gasteiger partial charge in [-0.05, 0) is 19.8 Å². The van der Waals surface area contributed by atoms with Crippen LogP contribution >= 0.6 is 0 Å². The molecular weight excluding hydrogens is 284 g/mol. The molecule has 3 N–H and O–H groups in total. The van der Waals surface area contributed by atoms with Crippen LogP contribution in [-0.2, 0) is 17.9 Å². The largest absolute Gasteiger partial charge is 0.349 e. The molecule has 2 heterocycles. The van der Waals surface area contributed by atoms with E-state index in [4.69, 9.17) is 0 Å². The summed E-state index contributed by atoms with van der Waals surface area (Å²) in [5.41, 5.74) is 1.55. The molecule has 8 nitrogen and oxygen atoms in total. The summed E-state index contributed by atoms with van der Waals surface area (Å²) in [6.07, 6.45) is 5.73. The molecule has 1 unspecified atom stereocenters. The topological polar surface area (TPSA) is 101 Å². The molecule has 1 aliphatic heterocycles. The van der Waals surface area contributed by atoms with Gasteiger partial charge in [-0.1, -0.05) is 24.5 Å². The molecule has 8 heteroatoms. The molecule has 3 amide bonds. The van der Waals surface area contributed by atoms with Crippen molar-refractivity contribution in [2.45, 2.75) is 64.2 Å². The maximum Gasteiger partial charge on any atom is 0.315 e. The third kappa shape index (κ3) is 3.05. The summed E-state index contributed by atoms with van der Waals surface area (Å²) in [5.74, 6) is -0.0630. The molecule has 3 rings (SSSR count). The van der Waals surface area contributed by atoms with E-state index in [1.807, 2.05) is 0 Å². The standard InChI is InChI=1S/C14H22N6O2/c1-9-13(21)15-8-12-11(18-19-20(9)12)7-16-14(22)17-10-5-3-2-4-6-10/h9-10H,2-8H2,1H3,(H,15,21)(H2,16,17,22). The summed E-state index contributed by atoms with van der Waals surface area (Å²) < 4.78 is 1.62. The number of rotatable bonds is 3. The Morgan fingerprint density at radius 2 is 2.14 bits per heavy atom. The van der Waals surface area contributed by atoms with E-state index < -0.39 is 0 Å². The maximum atomic E-state index is 11.9.